The van der Waals surface area contributed by atoms with E-state index < -0.39 is 11.5 Å². The molecule has 1 aliphatic rings. The molecule has 20 heavy (non-hydrogen) atoms. The molecule has 6 heteroatoms. The van der Waals surface area contributed by atoms with Crippen molar-refractivity contribution < 1.29 is 14.7 Å². The van der Waals surface area contributed by atoms with Crippen LogP contribution in [0.2, 0.25) is 0 Å². The minimum atomic E-state index is -1.06. The van der Waals surface area contributed by atoms with Gasteiger partial charge in [-0.15, -0.1) is 0 Å². The first-order valence-corrected chi connectivity index (χ1v) is 6.68. The number of carbonyl (C=O) groups excluding carboxylic acids is 1. The lowest BCUT2D eigenvalue weighted by Gasteiger charge is -2.29. The highest BCUT2D eigenvalue weighted by molar-refractivity contribution is 5.89. The van der Waals surface area contributed by atoms with Gasteiger partial charge in [0.1, 0.15) is 5.54 Å². The molecule has 1 aromatic rings. The summed E-state index contributed by atoms with van der Waals surface area (Å²) in [6.45, 7) is 1.98. The summed E-state index contributed by atoms with van der Waals surface area (Å²) in [4.78, 5) is 28.9. The molecule has 0 bridgehead atoms. The third-order valence-electron chi connectivity index (χ3n) is 3.75. The SMILES string of the molecule is CCC(c1cccnc1)N(C)C(=O)NC1(C(=O)O)CC1. The maximum Gasteiger partial charge on any atom is 0.329 e. The molecule has 0 aromatic carbocycles. The molecule has 1 atom stereocenters. The Balaban J connectivity index is 2.07. The van der Waals surface area contributed by atoms with Gasteiger partial charge in [-0.3, -0.25) is 4.98 Å². The van der Waals surface area contributed by atoms with Gasteiger partial charge >= 0.3 is 12.0 Å². The fourth-order valence-corrected chi connectivity index (χ4v) is 2.26. The number of amides is 2. The number of carbonyl (C=O) groups is 2. The van der Waals surface area contributed by atoms with Crippen LogP contribution in [0.3, 0.4) is 0 Å². The molecular formula is C14H19N3O3. The van der Waals surface area contributed by atoms with Crippen molar-refractivity contribution in [1.82, 2.24) is 15.2 Å². The molecule has 2 rings (SSSR count). The Morgan fingerprint density at radius 2 is 2.25 bits per heavy atom. The number of carboxylic acids is 1. The zero-order valence-corrected chi connectivity index (χ0v) is 11.7. The molecule has 6 nitrogen and oxygen atoms in total. The summed E-state index contributed by atoms with van der Waals surface area (Å²) >= 11 is 0. The van der Waals surface area contributed by atoms with Gasteiger partial charge < -0.3 is 15.3 Å². The maximum absolute atomic E-state index is 12.2. The zero-order valence-electron chi connectivity index (χ0n) is 11.7. The van der Waals surface area contributed by atoms with Gasteiger partial charge in [-0.25, -0.2) is 9.59 Å². The molecule has 1 saturated carbocycles. The normalized spacial score (nSPS) is 17.1. The lowest BCUT2D eigenvalue weighted by molar-refractivity contribution is -0.140. The molecule has 1 unspecified atom stereocenters. The monoisotopic (exact) mass is 277 g/mol. The van der Waals surface area contributed by atoms with Crippen LogP contribution in [-0.2, 0) is 4.79 Å². The predicted octanol–water partition coefficient (Wildman–Crippen LogP) is 1.79. The van der Waals surface area contributed by atoms with Crippen molar-refractivity contribution in [3.63, 3.8) is 0 Å². The predicted molar refractivity (Wildman–Crippen MR) is 73.2 cm³/mol. The minimum absolute atomic E-state index is 0.117. The van der Waals surface area contributed by atoms with Crippen molar-refractivity contribution in [3.05, 3.63) is 30.1 Å². The van der Waals surface area contributed by atoms with E-state index >= 15 is 0 Å². The molecule has 1 fully saturated rings. The third kappa shape index (κ3) is 2.74. The summed E-state index contributed by atoms with van der Waals surface area (Å²) in [5.41, 5.74) is -0.119. The molecule has 0 aliphatic heterocycles. The van der Waals surface area contributed by atoms with Crippen LogP contribution in [0.15, 0.2) is 24.5 Å². The number of rotatable bonds is 5. The summed E-state index contributed by atoms with van der Waals surface area (Å²) in [6.07, 6.45) is 5.12. The Hall–Kier alpha value is -2.11. The van der Waals surface area contributed by atoms with Crippen LogP contribution in [0, 0.1) is 0 Å². The van der Waals surface area contributed by atoms with Crippen LogP contribution in [-0.4, -0.2) is 39.6 Å². The average Bonchev–Trinajstić information content (AvgIpc) is 3.21. The molecule has 0 spiro atoms. The molecule has 1 heterocycles. The van der Waals surface area contributed by atoms with E-state index in [1.807, 2.05) is 19.1 Å². The van der Waals surface area contributed by atoms with Gasteiger partial charge in [-0.05, 0) is 30.9 Å². The van der Waals surface area contributed by atoms with Gasteiger partial charge in [0.25, 0.3) is 0 Å². The van der Waals surface area contributed by atoms with E-state index in [1.54, 1.807) is 24.3 Å². The maximum atomic E-state index is 12.2. The van der Waals surface area contributed by atoms with Crippen LogP contribution in [0.4, 0.5) is 4.79 Å². The number of carboxylic acid groups (broad SMARTS) is 1. The Morgan fingerprint density at radius 1 is 1.55 bits per heavy atom. The molecule has 0 radical (unpaired) electrons. The number of nitrogens with zero attached hydrogens (tertiary/aromatic N) is 2. The second-order valence-corrected chi connectivity index (χ2v) is 5.14. The molecule has 108 valence electrons. The van der Waals surface area contributed by atoms with Crippen LogP contribution in [0.5, 0.6) is 0 Å². The van der Waals surface area contributed by atoms with Gasteiger partial charge in [-0.2, -0.15) is 0 Å². The van der Waals surface area contributed by atoms with Crippen molar-refractivity contribution in [2.45, 2.75) is 37.8 Å². The number of hydrogen-bond acceptors (Lipinski definition) is 3. The van der Waals surface area contributed by atoms with E-state index in [9.17, 15) is 9.59 Å². The smallest absolute Gasteiger partial charge is 0.329 e. The highest BCUT2D eigenvalue weighted by Gasteiger charge is 2.52. The van der Waals surface area contributed by atoms with Crippen LogP contribution in [0.25, 0.3) is 0 Å². The summed E-state index contributed by atoms with van der Waals surface area (Å²) in [6, 6.07) is 3.26. The zero-order chi connectivity index (χ0) is 14.8. The first kappa shape index (κ1) is 14.3. The van der Waals surface area contributed by atoms with Gasteiger partial charge in [0, 0.05) is 19.4 Å². The Kier molecular flexibility index (Phi) is 3.92. The highest BCUT2D eigenvalue weighted by Crippen LogP contribution is 2.36. The van der Waals surface area contributed by atoms with Crippen molar-refractivity contribution in [2.24, 2.45) is 0 Å². The number of nitrogens with one attached hydrogen (secondary N) is 1. The molecule has 1 aromatic heterocycles. The van der Waals surface area contributed by atoms with Gasteiger partial charge in [0.2, 0.25) is 0 Å². The first-order valence-electron chi connectivity index (χ1n) is 6.68. The van der Waals surface area contributed by atoms with Crippen LogP contribution < -0.4 is 5.32 Å². The molecule has 0 saturated heterocycles. The number of aliphatic carboxylic acids is 1. The lowest BCUT2D eigenvalue weighted by atomic mass is 10.1. The molecule has 2 amide bonds. The summed E-state index contributed by atoms with van der Waals surface area (Å²) in [5, 5.41) is 11.7. The van der Waals surface area contributed by atoms with Crippen LogP contribution in [0.1, 0.15) is 37.8 Å². The third-order valence-corrected chi connectivity index (χ3v) is 3.75. The Morgan fingerprint density at radius 3 is 2.70 bits per heavy atom. The Labute approximate surface area is 117 Å². The standard InChI is InChI=1S/C14H19N3O3/c1-3-11(10-5-4-8-15-9-10)17(2)13(20)16-14(6-7-14)12(18)19/h4-5,8-9,11H,3,6-7H2,1-2H3,(H,16,20)(H,18,19). The summed E-state index contributed by atoms with van der Waals surface area (Å²) in [7, 11) is 1.68. The van der Waals surface area contributed by atoms with Crippen molar-refractivity contribution in [3.8, 4) is 0 Å². The average molecular weight is 277 g/mol. The largest absolute Gasteiger partial charge is 0.480 e. The van der Waals surface area contributed by atoms with E-state index in [1.165, 1.54) is 0 Å². The molecule has 2 N–H and O–H groups in total. The van der Waals surface area contributed by atoms with Gasteiger partial charge in [0.15, 0.2) is 0 Å². The van der Waals surface area contributed by atoms with Crippen LogP contribution >= 0.6 is 0 Å². The summed E-state index contributed by atoms with van der Waals surface area (Å²) in [5.74, 6) is -0.964. The quantitative estimate of drug-likeness (QED) is 0.859. The number of hydrogen-bond donors (Lipinski definition) is 2. The lowest BCUT2D eigenvalue weighted by Crippen LogP contribution is -2.49. The number of urea groups is 1. The first-order chi connectivity index (χ1) is 9.50. The van der Waals surface area contributed by atoms with Crippen molar-refractivity contribution in [1.29, 1.82) is 0 Å². The fraction of sp³-hybridized carbons (Fsp3) is 0.500. The second-order valence-electron chi connectivity index (χ2n) is 5.14. The number of pyridine rings is 1. The highest BCUT2D eigenvalue weighted by atomic mass is 16.4. The molecule has 1 aliphatic carbocycles. The van der Waals surface area contributed by atoms with E-state index in [0.29, 0.717) is 12.8 Å². The van der Waals surface area contributed by atoms with E-state index in [4.69, 9.17) is 5.11 Å². The summed E-state index contributed by atoms with van der Waals surface area (Å²) < 4.78 is 0. The van der Waals surface area contributed by atoms with E-state index in [2.05, 4.69) is 10.3 Å². The topological polar surface area (TPSA) is 82.5 Å². The van der Waals surface area contributed by atoms with E-state index in [-0.39, 0.29) is 12.1 Å². The van der Waals surface area contributed by atoms with Crippen molar-refractivity contribution >= 4 is 12.0 Å². The fourth-order valence-electron chi connectivity index (χ4n) is 2.26. The Bertz CT molecular complexity index is 500. The second kappa shape index (κ2) is 5.48. The van der Waals surface area contributed by atoms with Gasteiger partial charge in [0.05, 0.1) is 6.04 Å². The van der Waals surface area contributed by atoms with Crippen molar-refractivity contribution in [2.75, 3.05) is 7.05 Å². The van der Waals surface area contributed by atoms with E-state index in [0.717, 1.165) is 12.0 Å². The van der Waals surface area contributed by atoms with Gasteiger partial charge in [-0.1, -0.05) is 13.0 Å². The molecular weight excluding hydrogens is 258 g/mol. The number of aromatic nitrogens is 1. The minimum Gasteiger partial charge on any atom is -0.480 e.